The Hall–Kier alpha value is -1.14. The molecule has 6 heteroatoms. The quantitative estimate of drug-likeness (QED) is 0.618. The molecule has 2 rings (SSSR count). The van der Waals surface area contributed by atoms with E-state index in [1.807, 2.05) is 24.6 Å². The van der Waals surface area contributed by atoms with Crippen molar-refractivity contribution in [2.24, 2.45) is 4.99 Å². The lowest BCUT2D eigenvalue weighted by atomic mass is 10.0. The maximum Gasteiger partial charge on any atom is 0.191 e. The number of likely N-dealkylation sites (tertiary alicyclic amines) is 1. The lowest BCUT2D eigenvalue weighted by Gasteiger charge is -2.35. The van der Waals surface area contributed by atoms with Crippen LogP contribution in [0.1, 0.15) is 43.5 Å². The Labute approximate surface area is 144 Å². The highest BCUT2D eigenvalue weighted by molar-refractivity contribution is 7.11. The van der Waals surface area contributed by atoms with Gasteiger partial charge in [-0.3, -0.25) is 4.99 Å². The van der Waals surface area contributed by atoms with Crippen LogP contribution in [0, 0.1) is 0 Å². The van der Waals surface area contributed by atoms with Gasteiger partial charge in [-0.2, -0.15) is 0 Å². The molecule has 130 valence electrons. The minimum Gasteiger partial charge on any atom is -0.356 e. The summed E-state index contributed by atoms with van der Waals surface area (Å²) in [6, 6.07) is 1.18. The van der Waals surface area contributed by atoms with Crippen LogP contribution in [0.4, 0.5) is 0 Å². The van der Waals surface area contributed by atoms with E-state index < -0.39 is 0 Å². The molecule has 0 aromatic carbocycles. The summed E-state index contributed by atoms with van der Waals surface area (Å²) < 4.78 is 0. The molecule has 5 nitrogen and oxygen atoms in total. The third-order valence-electron chi connectivity index (χ3n) is 4.41. The summed E-state index contributed by atoms with van der Waals surface area (Å²) in [4.78, 5) is 12.7. The Kier molecular flexibility index (Phi) is 7.30. The molecule has 1 saturated heterocycles. The third kappa shape index (κ3) is 5.77. The van der Waals surface area contributed by atoms with Crippen LogP contribution in [-0.2, 0) is 12.8 Å². The minimum absolute atomic E-state index is 0.530. The smallest absolute Gasteiger partial charge is 0.191 e. The highest BCUT2D eigenvalue weighted by Crippen LogP contribution is 2.14. The van der Waals surface area contributed by atoms with E-state index in [0.29, 0.717) is 12.1 Å². The Morgan fingerprint density at radius 3 is 2.74 bits per heavy atom. The van der Waals surface area contributed by atoms with Gasteiger partial charge in [0, 0.05) is 56.3 Å². The molecular weight excluding hydrogens is 306 g/mol. The van der Waals surface area contributed by atoms with Gasteiger partial charge in [0.15, 0.2) is 5.96 Å². The van der Waals surface area contributed by atoms with E-state index in [2.05, 4.69) is 46.3 Å². The van der Waals surface area contributed by atoms with Gasteiger partial charge < -0.3 is 15.5 Å². The first kappa shape index (κ1) is 18.2. The number of aliphatic imine (C=N–C) groups is 1. The van der Waals surface area contributed by atoms with E-state index in [0.717, 1.165) is 25.3 Å². The Morgan fingerprint density at radius 2 is 2.17 bits per heavy atom. The number of aromatic nitrogens is 1. The van der Waals surface area contributed by atoms with Crippen LogP contribution < -0.4 is 10.6 Å². The second kappa shape index (κ2) is 9.23. The molecule has 0 amide bonds. The van der Waals surface area contributed by atoms with Crippen LogP contribution in [0.3, 0.4) is 0 Å². The van der Waals surface area contributed by atoms with Crippen molar-refractivity contribution in [1.82, 2.24) is 20.5 Å². The first-order valence-electron chi connectivity index (χ1n) is 8.77. The molecule has 1 fully saturated rings. The Morgan fingerprint density at radius 1 is 1.43 bits per heavy atom. The fourth-order valence-electron chi connectivity index (χ4n) is 2.86. The van der Waals surface area contributed by atoms with Gasteiger partial charge in [0.25, 0.3) is 0 Å². The SMILES string of the molecule is CCc1cnc(CCNC(=NC)NC2CCN(C(C)C)CC2)s1. The number of hydrogen-bond donors (Lipinski definition) is 2. The fraction of sp³-hybridized carbons (Fsp3) is 0.765. The monoisotopic (exact) mass is 337 g/mol. The predicted molar refractivity (Wildman–Crippen MR) is 99.4 cm³/mol. The molecule has 1 aliphatic rings. The summed E-state index contributed by atoms with van der Waals surface area (Å²) in [7, 11) is 1.84. The van der Waals surface area contributed by atoms with Crippen molar-refractivity contribution < 1.29 is 0 Å². The summed E-state index contributed by atoms with van der Waals surface area (Å²) in [6.07, 6.45) is 6.40. The maximum atomic E-state index is 4.46. The first-order valence-corrected chi connectivity index (χ1v) is 9.58. The number of piperidine rings is 1. The van der Waals surface area contributed by atoms with Crippen molar-refractivity contribution in [2.45, 2.75) is 58.5 Å². The molecule has 0 radical (unpaired) electrons. The molecule has 0 bridgehead atoms. The Balaban J connectivity index is 1.69. The van der Waals surface area contributed by atoms with E-state index in [-0.39, 0.29) is 0 Å². The topological polar surface area (TPSA) is 52.6 Å². The third-order valence-corrected chi connectivity index (χ3v) is 5.61. The Bertz CT molecular complexity index is 489. The average molecular weight is 338 g/mol. The van der Waals surface area contributed by atoms with Gasteiger partial charge in [-0.05, 0) is 33.1 Å². The largest absolute Gasteiger partial charge is 0.356 e. The van der Waals surface area contributed by atoms with E-state index >= 15 is 0 Å². The molecule has 0 saturated carbocycles. The molecule has 23 heavy (non-hydrogen) atoms. The number of nitrogens with one attached hydrogen (secondary N) is 2. The standard InChI is InChI=1S/C17H31N5S/c1-5-15-12-20-16(23-15)6-9-19-17(18-4)21-14-7-10-22(11-8-14)13(2)3/h12-14H,5-11H2,1-4H3,(H2,18,19,21). The van der Waals surface area contributed by atoms with Gasteiger partial charge in [-0.1, -0.05) is 6.92 Å². The molecule has 0 aliphatic carbocycles. The van der Waals surface area contributed by atoms with Crippen molar-refractivity contribution in [3.05, 3.63) is 16.1 Å². The number of hydrogen-bond acceptors (Lipinski definition) is 4. The summed E-state index contributed by atoms with van der Waals surface area (Å²) in [6.45, 7) is 9.94. The van der Waals surface area contributed by atoms with Crippen molar-refractivity contribution >= 4 is 17.3 Å². The molecule has 1 aromatic rings. The zero-order valence-electron chi connectivity index (χ0n) is 14.9. The highest BCUT2D eigenvalue weighted by atomic mass is 32.1. The predicted octanol–water partition coefficient (Wildman–Crippen LogP) is 2.29. The number of guanidine groups is 1. The maximum absolute atomic E-state index is 4.46. The molecule has 1 aromatic heterocycles. The summed E-state index contributed by atoms with van der Waals surface area (Å²) in [5, 5.41) is 8.19. The van der Waals surface area contributed by atoms with Crippen LogP contribution in [0.25, 0.3) is 0 Å². The zero-order chi connectivity index (χ0) is 16.7. The second-order valence-electron chi connectivity index (χ2n) is 6.37. The van der Waals surface area contributed by atoms with Gasteiger partial charge in [0.1, 0.15) is 0 Å². The van der Waals surface area contributed by atoms with E-state index in [1.54, 1.807) is 0 Å². The molecule has 0 unspecified atom stereocenters. The average Bonchev–Trinajstić information content (AvgIpc) is 3.02. The van der Waals surface area contributed by atoms with Crippen molar-refractivity contribution in [3.8, 4) is 0 Å². The van der Waals surface area contributed by atoms with Crippen molar-refractivity contribution in [3.63, 3.8) is 0 Å². The second-order valence-corrected chi connectivity index (χ2v) is 7.57. The highest BCUT2D eigenvalue weighted by Gasteiger charge is 2.21. The lowest BCUT2D eigenvalue weighted by molar-refractivity contribution is 0.167. The molecule has 1 aliphatic heterocycles. The van der Waals surface area contributed by atoms with Gasteiger partial charge in [0.05, 0.1) is 5.01 Å². The fourth-order valence-corrected chi connectivity index (χ4v) is 3.73. The molecule has 2 heterocycles. The minimum atomic E-state index is 0.530. The first-order chi connectivity index (χ1) is 11.1. The van der Waals surface area contributed by atoms with E-state index in [1.165, 1.54) is 35.8 Å². The molecular formula is C17H31N5S. The molecule has 2 N–H and O–H groups in total. The molecule has 0 spiro atoms. The number of aryl methyl sites for hydroxylation is 1. The zero-order valence-corrected chi connectivity index (χ0v) is 15.7. The van der Waals surface area contributed by atoms with Crippen LogP contribution in [-0.4, -0.2) is 54.6 Å². The van der Waals surface area contributed by atoms with Crippen molar-refractivity contribution in [1.29, 1.82) is 0 Å². The van der Waals surface area contributed by atoms with Crippen LogP contribution in [0.15, 0.2) is 11.2 Å². The van der Waals surface area contributed by atoms with Gasteiger partial charge in [-0.15, -0.1) is 11.3 Å². The van der Waals surface area contributed by atoms with Gasteiger partial charge in [0.2, 0.25) is 0 Å². The van der Waals surface area contributed by atoms with E-state index in [4.69, 9.17) is 0 Å². The van der Waals surface area contributed by atoms with Gasteiger partial charge in [-0.25, -0.2) is 4.98 Å². The lowest BCUT2D eigenvalue weighted by Crippen LogP contribution is -2.50. The summed E-state index contributed by atoms with van der Waals surface area (Å²) in [5.74, 6) is 0.917. The van der Waals surface area contributed by atoms with Crippen molar-refractivity contribution in [2.75, 3.05) is 26.7 Å². The van der Waals surface area contributed by atoms with Crippen LogP contribution >= 0.6 is 11.3 Å². The normalized spacial score (nSPS) is 17.7. The van der Waals surface area contributed by atoms with Gasteiger partial charge >= 0.3 is 0 Å². The summed E-state index contributed by atoms with van der Waals surface area (Å²) in [5.41, 5.74) is 0. The number of thiazole rings is 1. The number of nitrogens with zero attached hydrogens (tertiary/aromatic N) is 3. The van der Waals surface area contributed by atoms with Crippen LogP contribution in [0.2, 0.25) is 0 Å². The van der Waals surface area contributed by atoms with E-state index in [9.17, 15) is 0 Å². The van der Waals surface area contributed by atoms with Crippen LogP contribution in [0.5, 0.6) is 0 Å². The summed E-state index contributed by atoms with van der Waals surface area (Å²) >= 11 is 1.81. The molecule has 0 atom stereocenters. The number of rotatable bonds is 6.